The third-order valence-corrected chi connectivity index (χ3v) is 5.03. The summed E-state index contributed by atoms with van der Waals surface area (Å²) in [5.74, 6) is -1.23. The Labute approximate surface area is 156 Å². The van der Waals surface area contributed by atoms with Crippen molar-refractivity contribution in [3.05, 3.63) is 53.1 Å². The molecule has 3 nitrogen and oxygen atoms in total. The number of aryl methyl sites for hydroxylation is 1. The maximum atomic E-state index is 14.8. The molecule has 0 spiro atoms. The van der Waals surface area contributed by atoms with Gasteiger partial charge in [-0.1, -0.05) is 25.1 Å². The average Bonchev–Trinajstić information content (AvgIpc) is 2.59. The van der Waals surface area contributed by atoms with Crippen molar-refractivity contribution in [1.29, 1.82) is 0 Å². The van der Waals surface area contributed by atoms with Crippen molar-refractivity contribution in [3.63, 3.8) is 0 Å². The molecule has 0 aliphatic carbocycles. The monoisotopic (exact) mass is 359 g/mol. The van der Waals surface area contributed by atoms with Gasteiger partial charge in [0.1, 0.15) is 6.17 Å². The molecule has 2 rings (SSSR count). The number of carboxylic acids is 1. The normalized spacial score (nSPS) is 17.5. The lowest BCUT2D eigenvalue weighted by molar-refractivity contribution is -0.131. The van der Waals surface area contributed by atoms with Gasteiger partial charge in [-0.2, -0.15) is 0 Å². The standard InChI is InChI=1S/C22H30FNO2/c1-5-19(20(23)10-8-16(4)13-22(25)26)17-9-11-21-18(14-17)7-6-12-24(21)15(2)3/h8-11,13-15,19-20H,5-7,12H2,1-4H3,(H,25,26). The number of carboxylic acid groups (broad SMARTS) is 1. The fourth-order valence-electron chi connectivity index (χ4n) is 3.68. The molecule has 1 heterocycles. The van der Waals surface area contributed by atoms with Gasteiger partial charge < -0.3 is 10.0 Å². The fourth-order valence-corrected chi connectivity index (χ4v) is 3.68. The first-order chi connectivity index (χ1) is 12.3. The molecule has 0 amide bonds. The number of aliphatic carboxylic acids is 1. The number of carbonyl (C=O) groups is 1. The fraction of sp³-hybridized carbons (Fsp3) is 0.500. The highest BCUT2D eigenvalue weighted by Gasteiger charge is 2.23. The largest absolute Gasteiger partial charge is 0.478 e. The second-order valence-electron chi connectivity index (χ2n) is 7.32. The minimum absolute atomic E-state index is 0.219. The molecular weight excluding hydrogens is 329 g/mol. The minimum Gasteiger partial charge on any atom is -0.478 e. The number of fused-ring (bicyclic) bond motifs is 1. The number of nitrogens with zero attached hydrogens (tertiary/aromatic N) is 1. The second-order valence-corrected chi connectivity index (χ2v) is 7.32. The van der Waals surface area contributed by atoms with Crippen LogP contribution in [0.25, 0.3) is 0 Å². The Kier molecular flexibility index (Phi) is 7.01. The lowest BCUT2D eigenvalue weighted by Gasteiger charge is -2.35. The molecule has 0 aromatic heterocycles. The lowest BCUT2D eigenvalue weighted by atomic mass is 9.88. The lowest BCUT2D eigenvalue weighted by Crippen LogP contribution is -2.35. The molecular formula is C22H30FNO2. The first-order valence-corrected chi connectivity index (χ1v) is 9.46. The summed E-state index contributed by atoms with van der Waals surface area (Å²) in [6, 6.07) is 6.81. The summed E-state index contributed by atoms with van der Waals surface area (Å²) in [7, 11) is 0. The molecule has 142 valence electrons. The topological polar surface area (TPSA) is 40.5 Å². The van der Waals surface area contributed by atoms with Crippen molar-refractivity contribution < 1.29 is 14.3 Å². The van der Waals surface area contributed by atoms with E-state index in [4.69, 9.17) is 5.11 Å². The van der Waals surface area contributed by atoms with Crippen LogP contribution in [0.15, 0.2) is 42.0 Å². The molecule has 0 bridgehead atoms. The molecule has 1 N–H and O–H groups in total. The maximum Gasteiger partial charge on any atom is 0.328 e. The summed E-state index contributed by atoms with van der Waals surface area (Å²) in [4.78, 5) is 13.1. The van der Waals surface area contributed by atoms with Crippen LogP contribution in [0.4, 0.5) is 10.1 Å². The van der Waals surface area contributed by atoms with Crippen LogP contribution >= 0.6 is 0 Å². The van der Waals surface area contributed by atoms with Crippen molar-refractivity contribution in [2.75, 3.05) is 11.4 Å². The summed E-state index contributed by atoms with van der Waals surface area (Å²) < 4.78 is 14.8. The molecule has 26 heavy (non-hydrogen) atoms. The third kappa shape index (κ3) is 4.96. The van der Waals surface area contributed by atoms with E-state index in [1.165, 1.54) is 17.3 Å². The van der Waals surface area contributed by atoms with Crippen molar-refractivity contribution in [1.82, 2.24) is 0 Å². The van der Waals surface area contributed by atoms with E-state index in [-0.39, 0.29) is 5.92 Å². The zero-order chi connectivity index (χ0) is 19.3. The van der Waals surface area contributed by atoms with Crippen LogP contribution in [0, 0.1) is 0 Å². The molecule has 1 aliphatic rings. The zero-order valence-corrected chi connectivity index (χ0v) is 16.2. The van der Waals surface area contributed by atoms with Gasteiger partial charge in [0.2, 0.25) is 0 Å². The van der Waals surface area contributed by atoms with Crippen LogP contribution in [0.1, 0.15) is 57.6 Å². The molecule has 0 radical (unpaired) electrons. The van der Waals surface area contributed by atoms with Crippen LogP contribution in [-0.4, -0.2) is 29.8 Å². The number of hydrogen-bond donors (Lipinski definition) is 1. The predicted octanol–water partition coefficient (Wildman–Crippen LogP) is 5.27. The van der Waals surface area contributed by atoms with E-state index >= 15 is 0 Å². The Morgan fingerprint density at radius 3 is 2.73 bits per heavy atom. The van der Waals surface area contributed by atoms with Crippen LogP contribution < -0.4 is 4.90 Å². The first kappa shape index (κ1) is 20.2. The highest BCUT2D eigenvalue weighted by Crippen LogP contribution is 2.34. The van der Waals surface area contributed by atoms with Gasteiger partial charge in [-0.15, -0.1) is 0 Å². The Bertz CT molecular complexity index is 693. The summed E-state index contributed by atoms with van der Waals surface area (Å²) in [5, 5.41) is 8.75. The molecule has 1 aromatic rings. The molecule has 1 aromatic carbocycles. The van der Waals surface area contributed by atoms with Gasteiger partial charge in [0.25, 0.3) is 0 Å². The highest BCUT2D eigenvalue weighted by molar-refractivity contribution is 5.81. The summed E-state index contributed by atoms with van der Waals surface area (Å²) >= 11 is 0. The summed E-state index contributed by atoms with van der Waals surface area (Å²) in [5.41, 5.74) is 4.14. The number of halogens is 1. The van der Waals surface area contributed by atoms with Crippen molar-refractivity contribution in [2.45, 2.75) is 65.1 Å². The number of allylic oxidation sites excluding steroid dienone is 3. The summed E-state index contributed by atoms with van der Waals surface area (Å²) in [6.07, 6.45) is 5.84. The number of benzene rings is 1. The van der Waals surface area contributed by atoms with Crippen LogP contribution in [0.3, 0.4) is 0 Å². The van der Waals surface area contributed by atoms with E-state index in [0.29, 0.717) is 18.0 Å². The maximum absolute atomic E-state index is 14.8. The molecule has 2 atom stereocenters. The quantitative estimate of drug-likeness (QED) is 0.533. The van der Waals surface area contributed by atoms with Crippen molar-refractivity contribution >= 4 is 11.7 Å². The van der Waals surface area contributed by atoms with Gasteiger partial charge in [0, 0.05) is 30.3 Å². The number of anilines is 1. The minimum atomic E-state index is -1.14. The third-order valence-electron chi connectivity index (χ3n) is 5.03. The molecule has 1 aliphatic heterocycles. The Hall–Kier alpha value is -2.10. The molecule has 4 heteroatoms. The number of hydrogen-bond acceptors (Lipinski definition) is 2. The van der Waals surface area contributed by atoms with E-state index < -0.39 is 12.1 Å². The Balaban J connectivity index is 2.22. The predicted molar refractivity (Wildman–Crippen MR) is 106 cm³/mol. The molecule has 0 saturated carbocycles. The Morgan fingerprint density at radius 1 is 1.38 bits per heavy atom. The van der Waals surface area contributed by atoms with Gasteiger partial charge >= 0.3 is 5.97 Å². The number of rotatable bonds is 7. The first-order valence-electron chi connectivity index (χ1n) is 9.46. The van der Waals surface area contributed by atoms with E-state index in [1.807, 2.05) is 13.0 Å². The van der Waals surface area contributed by atoms with Gasteiger partial charge in [0.05, 0.1) is 0 Å². The zero-order valence-electron chi connectivity index (χ0n) is 16.2. The second kappa shape index (κ2) is 9.02. The highest BCUT2D eigenvalue weighted by atomic mass is 19.1. The van der Waals surface area contributed by atoms with Crippen molar-refractivity contribution in [2.24, 2.45) is 0 Å². The van der Waals surface area contributed by atoms with Crippen molar-refractivity contribution in [3.8, 4) is 0 Å². The average molecular weight is 359 g/mol. The van der Waals surface area contributed by atoms with Crippen LogP contribution in [-0.2, 0) is 11.2 Å². The van der Waals surface area contributed by atoms with E-state index in [2.05, 4.69) is 30.9 Å². The van der Waals surface area contributed by atoms with Gasteiger partial charge in [-0.3, -0.25) is 0 Å². The Morgan fingerprint density at radius 2 is 2.12 bits per heavy atom. The van der Waals surface area contributed by atoms with Gasteiger partial charge in [-0.05, 0) is 68.9 Å². The summed E-state index contributed by atoms with van der Waals surface area (Å²) in [6.45, 7) is 9.13. The smallest absolute Gasteiger partial charge is 0.328 e. The van der Waals surface area contributed by atoms with E-state index in [9.17, 15) is 9.18 Å². The molecule has 0 fully saturated rings. The van der Waals surface area contributed by atoms with Gasteiger partial charge in [0.15, 0.2) is 0 Å². The van der Waals surface area contributed by atoms with Gasteiger partial charge in [-0.25, -0.2) is 9.18 Å². The number of alkyl halides is 1. The van der Waals surface area contributed by atoms with Crippen LogP contribution in [0.2, 0.25) is 0 Å². The van der Waals surface area contributed by atoms with E-state index in [1.54, 1.807) is 13.0 Å². The van der Waals surface area contributed by atoms with E-state index in [0.717, 1.165) is 31.0 Å². The SMILES string of the molecule is CCC(c1ccc2c(c1)CCCN2C(C)C)C(F)C=CC(C)=CC(=O)O. The van der Waals surface area contributed by atoms with Crippen LogP contribution in [0.5, 0.6) is 0 Å². The molecule has 0 saturated heterocycles. The molecule has 2 unspecified atom stereocenters.